The molecule has 1 aliphatic rings. The molecular formula is C25H28ClNO5. The van der Waals surface area contributed by atoms with E-state index < -0.39 is 5.97 Å². The largest absolute Gasteiger partial charge is 0.490 e. The number of benzene rings is 2. The highest BCUT2D eigenvalue weighted by atomic mass is 35.5. The molecule has 0 aromatic heterocycles. The predicted molar refractivity (Wildman–Crippen MR) is 123 cm³/mol. The van der Waals surface area contributed by atoms with Crippen LogP contribution >= 0.6 is 11.6 Å². The van der Waals surface area contributed by atoms with E-state index in [4.69, 9.17) is 21.4 Å². The molecule has 7 heteroatoms. The fourth-order valence-electron chi connectivity index (χ4n) is 3.81. The lowest BCUT2D eigenvalue weighted by Crippen LogP contribution is -2.27. The van der Waals surface area contributed by atoms with Crippen molar-refractivity contribution >= 4 is 29.3 Å². The van der Waals surface area contributed by atoms with Gasteiger partial charge in [-0.2, -0.15) is 0 Å². The fourth-order valence-corrected chi connectivity index (χ4v) is 4.08. The number of aryl methyl sites for hydroxylation is 1. The first-order valence-electron chi connectivity index (χ1n) is 10.9. The Morgan fingerprint density at radius 2 is 1.75 bits per heavy atom. The molecule has 1 amide bonds. The van der Waals surface area contributed by atoms with Crippen LogP contribution in [0.15, 0.2) is 42.5 Å². The normalized spacial score (nSPS) is 18.1. The molecule has 0 saturated heterocycles. The van der Waals surface area contributed by atoms with E-state index in [0.29, 0.717) is 60.5 Å². The van der Waals surface area contributed by atoms with Gasteiger partial charge in [-0.1, -0.05) is 29.3 Å². The molecule has 32 heavy (non-hydrogen) atoms. The minimum absolute atomic E-state index is 0.0413. The number of carboxylic acid groups (broad SMARTS) is 1. The van der Waals surface area contributed by atoms with Gasteiger partial charge in [-0.15, -0.1) is 0 Å². The first kappa shape index (κ1) is 23.8. The topological polar surface area (TPSA) is 92.7 Å². The van der Waals surface area contributed by atoms with Gasteiger partial charge < -0.3 is 15.2 Å². The van der Waals surface area contributed by atoms with Crippen LogP contribution in [0.3, 0.4) is 0 Å². The molecule has 0 heterocycles. The number of carbonyl (C=O) groups is 3. The highest BCUT2D eigenvalue weighted by molar-refractivity contribution is 6.34. The Morgan fingerprint density at radius 3 is 2.38 bits per heavy atom. The summed E-state index contributed by atoms with van der Waals surface area (Å²) in [5.41, 5.74) is 2.11. The van der Waals surface area contributed by atoms with Crippen molar-refractivity contribution < 1.29 is 24.2 Å². The number of amides is 1. The van der Waals surface area contributed by atoms with Gasteiger partial charge in [0.25, 0.3) is 5.91 Å². The fraction of sp³-hybridized carbons (Fsp3) is 0.400. The SMILES string of the molecule is Cc1ccc(C(=O)NCCCC(=O)c2ccc(OC3CCC(C(=O)O)CC3)cc2Cl)cc1. The Bertz CT molecular complexity index is 965. The Kier molecular flexibility index (Phi) is 8.28. The average molecular weight is 458 g/mol. The minimum Gasteiger partial charge on any atom is -0.490 e. The Labute approximate surface area is 192 Å². The second kappa shape index (κ2) is 11.1. The average Bonchev–Trinajstić information content (AvgIpc) is 2.77. The molecule has 0 unspecified atom stereocenters. The van der Waals surface area contributed by atoms with E-state index in [1.807, 2.05) is 19.1 Å². The first-order chi connectivity index (χ1) is 15.3. The molecular weight excluding hydrogens is 430 g/mol. The van der Waals surface area contributed by atoms with Gasteiger partial charge >= 0.3 is 5.97 Å². The summed E-state index contributed by atoms with van der Waals surface area (Å²) in [6.07, 6.45) is 3.31. The van der Waals surface area contributed by atoms with Crippen LogP contribution in [-0.2, 0) is 4.79 Å². The van der Waals surface area contributed by atoms with Gasteiger partial charge in [-0.3, -0.25) is 14.4 Å². The Hall–Kier alpha value is -2.86. The summed E-state index contributed by atoms with van der Waals surface area (Å²) in [5.74, 6) is -0.706. The number of rotatable bonds is 9. The van der Waals surface area contributed by atoms with E-state index in [2.05, 4.69) is 5.32 Å². The quantitative estimate of drug-likeness (QED) is 0.405. The summed E-state index contributed by atoms with van der Waals surface area (Å²) in [4.78, 5) is 35.7. The maximum Gasteiger partial charge on any atom is 0.306 e. The number of aliphatic carboxylic acids is 1. The number of carbonyl (C=O) groups excluding carboxylic acids is 2. The molecule has 0 bridgehead atoms. The molecule has 1 aliphatic carbocycles. The van der Waals surface area contributed by atoms with Gasteiger partial charge in [-0.05, 0) is 69.4 Å². The molecule has 2 aromatic carbocycles. The van der Waals surface area contributed by atoms with Gasteiger partial charge in [-0.25, -0.2) is 0 Å². The van der Waals surface area contributed by atoms with Gasteiger partial charge in [0, 0.05) is 24.1 Å². The van der Waals surface area contributed by atoms with E-state index in [-0.39, 0.29) is 30.1 Å². The maximum absolute atomic E-state index is 12.5. The predicted octanol–water partition coefficient (Wildman–Crippen LogP) is 5.06. The van der Waals surface area contributed by atoms with E-state index in [1.165, 1.54) is 0 Å². The lowest BCUT2D eigenvalue weighted by molar-refractivity contribution is -0.143. The summed E-state index contributed by atoms with van der Waals surface area (Å²) in [7, 11) is 0. The van der Waals surface area contributed by atoms with Crippen molar-refractivity contribution in [1.29, 1.82) is 0 Å². The maximum atomic E-state index is 12.5. The smallest absolute Gasteiger partial charge is 0.306 e. The van der Waals surface area contributed by atoms with Crippen LogP contribution in [0.25, 0.3) is 0 Å². The van der Waals surface area contributed by atoms with Crippen LogP contribution in [0.2, 0.25) is 5.02 Å². The summed E-state index contributed by atoms with van der Waals surface area (Å²) in [6.45, 7) is 2.36. The molecule has 6 nitrogen and oxygen atoms in total. The van der Waals surface area contributed by atoms with E-state index in [0.717, 1.165) is 5.56 Å². The lowest BCUT2D eigenvalue weighted by Gasteiger charge is -2.26. The van der Waals surface area contributed by atoms with Crippen LogP contribution in [-0.4, -0.2) is 35.4 Å². The zero-order valence-corrected chi connectivity index (χ0v) is 18.9. The number of halogens is 1. The van der Waals surface area contributed by atoms with Crippen LogP contribution in [0.5, 0.6) is 5.75 Å². The molecule has 170 valence electrons. The summed E-state index contributed by atoms with van der Waals surface area (Å²) in [6, 6.07) is 12.3. The second-order valence-corrected chi connectivity index (χ2v) is 8.63. The number of ether oxygens (including phenoxy) is 1. The van der Waals surface area contributed by atoms with E-state index in [9.17, 15) is 14.4 Å². The molecule has 0 aliphatic heterocycles. The molecule has 0 atom stereocenters. The molecule has 2 aromatic rings. The molecule has 1 saturated carbocycles. The highest BCUT2D eigenvalue weighted by Gasteiger charge is 2.27. The third kappa shape index (κ3) is 6.57. The van der Waals surface area contributed by atoms with Gasteiger partial charge in [0.15, 0.2) is 5.78 Å². The molecule has 1 fully saturated rings. The van der Waals surface area contributed by atoms with Crippen LogP contribution in [0.1, 0.15) is 64.8 Å². The number of Topliss-reactive ketones (excluding diaryl/α,β-unsaturated/α-hetero) is 1. The van der Waals surface area contributed by atoms with Crippen LogP contribution in [0, 0.1) is 12.8 Å². The Morgan fingerprint density at radius 1 is 1.06 bits per heavy atom. The Balaban J connectivity index is 1.44. The summed E-state index contributed by atoms with van der Waals surface area (Å²) >= 11 is 6.31. The second-order valence-electron chi connectivity index (χ2n) is 8.22. The van der Waals surface area contributed by atoms with Gasteiger partial charge in [0.05, 0.1) is 17.0 Å². The van der Waals surface area contributed by atoms with Crippen molar-refractivity contribution in [3.05, 3.63) is 64.2 Å². The van der Waals surface area contributed by atoms with Crippen molar-refractivity contribution in [2.45, 2.75) is 51.6 Å². The van der Waals surface area contributed by atoms with E-state index >= 15 is 0 Å². The van der Waals surface area contributed by atoms with Crippen LogP contribution in [0.4, 0.5) is 0 Å². The number of nitrogens with one attached hydrogen (secondary N) is 1. The van der Waals surface area contributed by atoms with Crippen molar-refractivity contribution in [2.75, 3.05) is 6.54 Å². The standard InChI is InChI=1S/C25H28ClNO5/c1-16-4-6-17(7-5-16)24(29)27-14-2-3-23(28)21-13-12-20(15-22(21)26)32-19-10-8-18(9-11-19)25(30)31/h4-7,12-13,15,18-19H,2-3,8-11,14H2,1H3,(H,27,29)(H,30,31). The van der Waals surface area contributed by atoms with E-state index in [1.54, 1.807) is 30.3 Å². The minimum atomic E-state index is -0.746. The van der Waals surface area contributed by atoms with Crippen molar-refractivity contribution in [3.63, 3.8) is 0 Å². The molecule has 0 spiro atoms. The number of ketones is 1. The van der Waals surface area contributed by atoms with Crippen molar-refractivity contribution in [3.8, 4) is 5.75 Å². The van der Waals surface area contributed by atoms with Crippen LogP contribution < -0.4 is 10.1 Å². The third-order valence-corrected chi connectivity index (χ3v) is 6.06. The highest BCUT2D eigenvalue weighted by Crippen LogP contribution is 2.30. The number of hydrogen-bond donors (Lipinski definition) is 2. The number of hydrogen-bond acceptors (Lipinski definition) is 4. The zero-order chi connectivity index (χ0) is 23.1. The summed E-state index contributed by atoms with van der Waals surface area (Å²) in [5, 5.41) is 12.2. The lowest BCUT2D eigenvalue weighted by atomic mass is 9.87. The van der Waals surface area contributed by atoms with Gasteiger partial charge in [0.2, 0.25) is 0 Å². The third-order valence-electron chi connectivity index (χ3n) is 5.75. The first-order valence-corrected chi connectivity index (χ1v) is 11.3. The number of carboxylic acids is 1. The van der Waals surface area contributed by atoms with Crippen molar-refractivity contribution in [2.24, 2.45) is 5.92 Å². The van der Waals surface area contributed by atoms with Gasteiger partial charge in [0.1, 0.15) is 5.75 Å². The molecule has 3 rings (SSSR count). The summed E-state index contributed by atoms with van der Waals surface area (Å²) < 4.78 is 5.94. The molecule has 2 N–H and O–H groups in total. The van der Waals surface area contributed by atoms with Crippen molar-refractivity contribution in [1.82, 2.24) is 5.32 Å². The monoisotopic (exact) mass is 457 g/mol. The molecule has 0 radical (unpaired) electrons. The zero-order valence-electron chi connectivity index (χ0n) is 18.1.